The van der Waals surface area contributed by atoms with Crippen LogP contribution in [0.4, 0.5) is 5.69 Å². The molecule has 1 fully saturated rings. The molecule has 1 aliphatic heterocycles. The van der Waals surface area contributed by atoms with E-state index in [1.807, 2.05) is 12.1 Å². The summed E-state index contributed by atoms with van der Waals surface area (Å²) in [6, 6.07) is 9.19. The van der Waals surface area contributed by atoms with Crippen LogP contribution in [-0.4, -0.2) is 54.8 Å². The van der Waals surface area contributed by atoms with Gasteiger partial charge in [-0.05, 0) is 24.3 Å². The Kier molecular flexibility index (Phi) is 5.16. The molecule has 0 radical (unpaired) electrons. The number of piperazine rings is 1. The van der Waals surface area contributed by atoms with Gasteiger partial charge in [0, 0.05) is 44.8 Å². The minimum Gasteiger partial charge on any atom is -0.385 e. The van der Waals surface area contributed by atoms with Gasteiger partial charge in [-0.15, -0.1) is 0 Å². The highest BCUT2D eigenvalue weighted by Crippen LogP contribution is 2.09. The number of amides is 2. The smallest absolute Gasteiger partial charge is 0.224 e. The SMILES string of the molecule is N#Cc1ccc(NCCC(=O)N2CCN(C=O)CC2)cc1. The summed E-state index contributed by atoms with van der Waals surface area (Å²) in [4.78, 5) is 26.1. The second kappa shape index (κ2) is 7.29. The van der Waals surface area contributed by atoms with E-state index in [9.17, 15) is 9.59 Å². The topological polar surface area (TPSA) is 76.4 Å². The Morgan fingerprint density at radius 1 is 1.24 bits per heavy atom. The van der Waals surface area contributed by atoms with Crippen molar-refractivity contribution in [3.8, 4) is 6.07 Å². The van der Waals surface area contributed by atoms with E-state index in [4.69, 9.17) is 5.26 Å². The number of rotatable bonds is 5. The zero-order chi connectivity index (χ0) is 15.1. The molecule has 1 N–H and O–H groups in total. The first-order chi connectivity index (χ1) is 10.2. The van der Waals surface area contributed by atoms with Gasteiger partial charge in [0.05, 0.1) is 11.6 Å². The monoisotopic (exact) mass is 286 g/mol. The molecule has 1 aromatic rings. The summed E-state index contributed by atoms with van der Waals surface area (Å²) in [5, 5.41) is 11.9. The van der Waals surface area contributed by atoms with E-state index in [1.54, 1.807) is 21.9 Å². The van der Waals surface area contributed by atoms with Gasteiger partial charge >= 0.3 is 0 Å². The molecule has 6 nitrogen and oxygen atoms in total. The summed E-state index contributed by atoms with van der Waals surface area (Å²) in [5.41, 5.74) is 1.51. The Hall–Kier alpha value is -2.55. The summed E-state index contributed by atoms with van der Waals surface area (Å²) >= 11 is 0. The molecule has 0 bridgehead atoms. The lowest BCUT2D eigenvalue weighted by molar-refractivity contribution is -0.134. The Morgan fingerprint density at radius 3 is 2.48 bits per heavy atom. The van der Waals surface area contributed by atoms with Crippen molar-refractivity contribution in [2.75, 3.05) is 38.0 Å². The molecule has 1 saturated heterocycles. The first-order valence-electron chi connectivity index (χ1n) is 6.94. The summed E-state index contributed by atoms with van der Waals surface area (Å²) in [7, 11) is 0. The van der Waals surface area contributed by atoms with Gasteiger partial charge in [0.2, 0.25) is 12.3 Å². The third-order valence-electron chi connectivity index (χ3n) is 3.50. The standard InChI is InChI=1S/C15H18N4O2/c16-11-13-1-3-14(4-2-13)17-6-5-15(21)19-9-7-18(12-20)8-10-19/h1-4,12,17H,5-10H2. The number of hydrogen-bond acceptors (Lipinski definition) is 4. The van der Waals surface area contributed by atoms with Crippen molar-refractivity contribution < 1.29 is 9.59 Å². The number of nitrogens with one attached hydrogen (secondary N) is 1. The highest BCUT2D eigenvalue weighted by molar-refractivity contribution is 5.77. The molecular formula is C15H18N4O2. The molecule has 0 spiro atoms. The highest BCUT2D eigenvalue weighted by Gasteiger charge is 2.19. The van der Waals surface area contributed by atoms with Gasteiger partial charge < -0.3 is 15.1 Å². The van der Waals surface area contributed by atoms with Crippen LogP contribution in [0.5, 0.6) is 0 Å². The number of anilines is 1. The third kappa shape index (κ3) is 4.21. The van der Waals surface area contributed by atoms with E-state index >= 15 is 0 Å². The molecule has 0 aromatic heterocycles. The maximum absolute atomic E-state index is 12.0. The molecule has 2 rings (SSSR count). The molecule has 110 valence electrons. The maximum atomic E-state index is 12.0. The van der Waals surface area contributed by atoms with Crippen LogP contribution in [0, 0.1) is 11.3 Å². The zero-order valence-corrected chi connectivity index (χ0v) is 11.8. The quantitative estimate of drug-likeness (QED) is 0.807. The van der Waals surface area contributed by atoms with Crippen LogP contribution in [0.2, 0.25) is 0 Å². The first kappa shape index (κ1) is 14.9. The van der Waals surface area contributed by atoms with Gasteiger partial charge in [-0.1, -0.05) is 0 Å². The second-order valence-corrected chi connectivity index (χ2v) is 4.89. The second-order valence-electron chi connectivity index (χ2n) is 4.89. The number of nitriles is 1. The molecule has 1 heterocycles. The fourth-order valence-electron chi connectivity index (χ4n) is 2.21. The van der Waals surface area contributed by atoms with Crippen molar-refractivity contribution in [2.24, 2.45) is 0 Å². The van der Waals surface area contributed by atoms with Gasteiger partial charge in [0.15, 0.2) is 0 Å². The summed E-state index contributed by atoms with van der Waals surface area (Å²) in [6.07, 6.45) is 1.25. The number of carbonyl (C=O) groups is 2. The Labute approximate surface area is 123 Å². The van der Waals surface area contributed by atoms with Gasteiger partial charge in [0.1, 0.15) is 0 Å². The van der Waals surface area contributed by atoms with Gasteiger partial charge in [-0.2, -0.15) is 5.26 Å². The summed E-state index contributed by atoms with van der Waals surface area (Å²) < 4.78 is 0. The fraction of sp³-hybridized carbons (Fsp3) is 0.400. The molecule has 1 aromatic carbocycles. The number of nitrogens with zero attached hydrogens (tertiary/aromatic N) is 3. The predicted molar refractivity (Wildman–Crippen MR) is 78.5 cm³/mol. The lowest BCUT2D eigenvalue weighted by atomic mass is 10.2. The van der Waals surface area contributed by atoms with E-state index in [0.29, 0.717) is 44.7 Å². The van der Waals surface area contributed by atoms with Crippen LogP contribution >= 0.6 is 0 Å². The highest BCUT2D eigenvalue weighted by atomic mass is 16.2. The van der Waals surface area contributed by atoms with Gasteiger partial charge in [-0.3, -0.25) is 9.59 Å². The van der Waals surface area contributed by atoms with Crippen molar-refractivity contribution in [3.05, 3.63) is 29.8 Å². The van der Waals surface area contributed by atoms with E-state index in [-0.39, 0.29) is 5.91 Å². The van der Waals surface area contributed by atoms with Crippen LogP contribution < -0.4 is 5.32 Å². The van der Waals surface area contributed by atoms with Crippen molar-refractivity contribution >= 4 is 18.0 Å². The number of carbonyl (C=O) groups excluding carboxylic acids is 2. The van der Waals surface area contributed by atoms with Crippen LogP contribution in [0.25, 0.3) is 0 Å². The lowest BCUT2D eigenvalue weighted by Crippen LogP contribution is -2.48. The largest absolute Gasteiger partial charge is 0.385 e. The zero-order valence-electron chi connectivity index (χ0n) is 11.8. The van der Waals surface area contributed by atoms with E-state index in [0.717, 1.165) is 12.1 Å². The Morgan fingerprint density at radius 2 is 1.90 bits per heavy atom. The van der Waals surface area contributed by atoms with Crippen molar-refractivity contribution in [3.63, 3.8) is 0 Å². The minimum atomic E-state index is 0.0988. The molecule has 1 aliphatic rings. The van der Waals surface area contributed by atoms with Crippen molar-refractivity contribution in [2.45, 2.75) is 6.42 Å². The first-order valence-corrected chi connectivity index (χ1v) is 6.94. The number of benzene rings is 1. The molecule has 2 amide bonds. The summed E-state index contributed by atoms with van der Waals surface area (Å²) in [5.74, 6) is 0.0988. The van der Waals surface area contributed by atoms with E-state index < -0.39 is 0 Å². The Bertz CT molecular complexity index is 528. The molecule has 0 aliphatic carbocycles. The maximum Gasteiger partial charge on any atom is 0.224 e. The van der Waals surface area contributed by atoms with Gasteiger partial charge in [-0.25, -0.2) is 0 Å². The van der Waals surface area contributed by atoms with E-state index in [1.165, 1.54) is 0 Å². The summed E-state index contributed by atoms with van der Waals surface area (Å²) in [6.45, 7) is 2.98. The minimum absolute atomic E-state index is 0.0988. The average molecular weight is 286 g/mol. The van der Waals surface area contributed by atoms with Crippen molar-refractivity contribution in [1.29, 1.82) is 5.26 Å². The molecule has 6 heteroatoms. The molecular weight excluding hydrogens is 268 g/mol. The van der Waals surface area contributed by atoms with Crippen molar-refractivity contribution in [1.82, 2.24) is 9.80 Å². The van der Waals surface area contributed by atoms with Gasteiger partial charge in [0.25, 0.3) is 0 Å². The van der Waals surface area contributed by atoms with Crippen LogP contribution in [-0.2, 0) is 9.59 Å². The van der Waals surface area contributed by atoms with E-state index in [2.05, 4.69) is 11.4 Å². The molecule has 0 unspecified atom stereocenters. The van der Waals surface area contributed by atoms with Crippen LogP contribution in [0.15, 0.2) is 24.3 Å². The normalized spacial score (nSPS) is 14.4. The molecule has 0 saturated carbocycles. The molecule has 0 atom stereocenters. The number of hydrogen-bond donors (Lipinski definition) is 1. The van der Waals surface area contributed by atoms with Crippen LogP contribution in [0.3, 0.4) is 0 Å². The third-order valence-corrected chi connectivity index (χ3v) is 3.50. The fourth-order valence-corrected chi connectivity index (χ4v) is 2.21. The predicted octanol–water partition coefficient (Wildman–Crippen LogP) is 0.661. The molecule has 21 heavy (non-hydrogen) atoms. The lowest BCUT2D eigenvalue weighted by Gasteiger charge is -2.32. The Balaban J connectivity index is 1.71. The van der Waals surface area contributed by atoms with Crippen LogP contribution in [0.1, 0.15) is 12.0 Å². The average Bonchev–Trinajstić information content (AvgIpc) is 2.55.